The Kier molecular flexibility index (Phi) is 6.41. The van der Waals surface area contributed by atoms with Crippen molar-refractivity contribution in [3.63, 3.8) is 0 Å². The summed E-state index contributed by atoms with van der Waals surface area (Å²) in [6, 6.07) is 16.4. The van der Waals surface area contributed by atoms with Gasteiger partial charge in [-0.05, 0) is 41.0 Å². The summed E-state index contributed by atoms with van der Waals surface area (Å²) in [6.45, 7) is 0.287. The number of alkyl carbamates (subject to hydrolysis) is 1. The molecule has 32 heavy (non-hydrogen) atoms. The molecule has 2 aromatic carbocycles. The van der Waals surface area contributed by atoms with Crippen molar-refractivity contribution in [1.82, 2.24) is 10.6 Å². The maximum Gasteiger partial charge on any atom is 0.407 e. The minimum absolute atomic E-state index is 0.00440. The van der Waals surface area contributed by atoms with Crippen LogP contribution >= 0.6 is 0 Å². The Hall–Kier alpha value is -3.79. The number of rotatable bonds is 6. The van der Waals surface area contributed by atoms with E-state index in [0.29, 0.717) is 19.3 Å². The van der Waals surface area contributed by atoms with E-state index in [0.717, 1.165) is 0 Å². The van der Waals surface area contributed by atoms with Gasteiger partial charge in [0.05, 0.1) is 6.54 Å². The lowest BCUT2D eigenvalue weighted by molar-refractivity contribution is -0.130. The quantitative estimate of drug-likeness (QED) is 0.609. The molecule has 164 valence electrons. The van der Waals surface area contributed by atoms with Crippen molar-refractivity contribution in [2.75, 3.05) is 13.2 Å². The van der Waals surface area contributed by atoms with Crippen LogP contribution in [0.15, 0.2) is 48.5 Å². The van der Waals surface area contributed by atoms with Crippen molar-refractivity contribution < 1.29 is 24.2 Å². The highest BCUT2D eigenvalue weighted by molar-refractivity contribution is 5.86. The zero-order valence-corrected chi connectivity index (χ0v) is 17.5. The second-order valence-corrected chi connectivity index (χ2v) is 8.09. The smallest absolute Gasteiger partial charge is 0.407 e. The Morgan fingerprint density at radius 3 is 2.25 bits per heavy atom. The number of fused-ring (bicyclic) bond motifs is 3. The largest absolute Gasteiger partial charge is 0.472 e. The van der Waals surface area contributed by atoms with E-state index in [2.05, 4.69) is 40.8 Å². The number of carboxylic acid groups (broad SMARTS) is 1. The molecule has 0 bridgehead atoms. The fourth-order valence-electron chi connectivity index (χ4n) is 4.42. The average Bonchev–Trinajstić information content (AvgIpc) is 3.07. The van der Waals surface area contributed by atoms with Crippen LogP contribution in [0, 0.1) is 17.8 Å². The molecule has 1 fully saturated rings. The fourth-order valence-corrected chi connectivity index (χ4v) is 4.42. The van der Waals surface area contributed by atoms with E-state index in [-0.39, 0.29) is 36.9 Å². The lowest BCUT2D eigenvalue weighted by Gasteiger charge is -2.35. The first-order chi connectivity index (χ1) is 15.5. The molecule has 0 saturated heterocycles. The Morgan fingerprint density at radius 1 is 1.00 bits per heavy atom. The fraction of sp³-hybridized carbons (Fsp3) is 0.320. The van der Waals surface area contributed by atoms with Crippen molar-refractivity contribution in [1.29, 1.82) is 0 Å². The van der Waals surface area contributed by atoms with Gasteiger partial charge in [-0.15, -0.1) is 0 Å². The second-order valence-electron chi connectivity index (χ2n) is 8.09. The number of amides is 2. The predicted molar refractivity (Wildman–Crippen MR) is 118 cm³/mol. The molecule has 2 amide bonds. The van der Waals surface area contributed by atoms with Crippen LogP contribution in [0.2, 0.25) is 0 Å². The summed E-state index contributed by atoms with van der Waals surface area (Å²) in [5.74, 6) is 3.11. The van der Waals surface area contributed by atoms with Crippen LogP contribution in [-0.2, 0) is 14.3 Å². The third kappa shape index (κ3) is 4.92. The monoisotopic (exact) mass is 432 g/mol. The standard InChI is InChI=1S/C25H24N2O5/c28-23(26-11-5-10-24(29)30)14-16-12-17(13-16)27-25(31)32-15-22-20-8-3-1-6-18(20)19-7-2-4-9-21(19)22/h1-4,6-9,16-17,22H,11-15H2,(H,26,28)(H,27,31)(H,29,30). The van der Waals surface area contributed by atoms with Gasteiger partial charge in [-0.3, -0.25) is 4.79 Å². The highest BCUT2D eigenvalue weighted by atomic mass is 16.5. The SMILES string of the molecule is O=C(O)C#CCNC(=O)CC1CC(NC(=O)OCC2c3ccccc3-c3ccccc32)C1. The molecule has 7 nitrogen and oxygen atoms in total. The van der Waals surface area contributed by atoms with Gasteiger partial charge in [-0.1, -0.05) is 54.5 Å². The number of carbonyl (C=O) groups is 3. The average molecular weight is 432 g/mol. The molecule has 4 rings (SSSR count). The summed E-state index contributed by atoms with van der Waals surface area (Å²) in [5, 5.41) is 13.9. The molecule has 0 spiro atoms. The molecule has 2 aliphatic rings. The summed E-state index contributed by atoms with van der Waals surface area (Å²) in [7, 11) is 0. The maximum absolute atomic E-state index is 12.3. The van der Waals surface area contributed by atoms with Gasteiger partial charge in [0, 0.05) is 24.3 Å². The van der Waals surface area contributed by atoms with Crippen molar-refractivity contribution in [2.24, 2.45) is 5.92 Å². The number of carbonyl (C=O) groups excluding carboxylic acids is 2. The van der Waals surface area contributed by atoms with Gasteiger partial charge < -0.3 is 20.5 Å². The number of benzene rings is 2. The lowest BCUT2D eigenvalue weighted by atomic mass is 9.78. The van der Waals surface area contributed by atoms with E-state index in [1.165, 1.54) is 22.3 Å². The Labute approximate surface area is 186 Å². The first kappa shape index (κ1) is 21.4. The van der Waals surface area contributed by atoms with E-state index in [1.54, 1.807) is 0 Å². The van der Waals surface area contributed by atoms with Gasteiger partial charge >= 0.3 is 12.1 Å². The number of hydrogen-bond acceptors (Lipinski definition) is 4. The summed E-state index contributed by atoms with van der Waals surface area (Å²) < 4.78 is 5.55. The molecule has 0 radical (unpaired) electrons. The van der Waals surface area contributed by atoms with E-state index in [9.17, 15) is 14.4 Å². The molecule has 0 aliphatic heterocycles. The Morgan fingerprint density at radius 2 is 1.62 bits per heavy atom. The highest BCUT2D eigenvalue weighted by Crippen LogP contribution is 2.44. The van der Waals surface area contributed by atoms with Crippen molar-refractivity contribution in [3.05, 3.63) is 59.7 Å². The molecule has 7 heteroatoms. The molecule has 0 aromatic heterocycles. The molecule has 2 aromatic rings. The van der Waals surface area contributed by atoms with Crippen LogP contribution in [0.1, 0.15) is 36.3 Å². The molecular weight excluding hydrogens is 408 g/mol. The molecule has 0 atom stereocenters. The van der Waals surface area contributed by atoms with Crippen LogP contribution in [0.25, 0.3) is 11.1 Å². The zero-order valence-electron chi connectivity index (χ0n) is 17.5. The molecule has 3 N–H and O–H groups in total. The van der Waals surface area contributed by atoms with Crippen LogP contribution in [0.3, 0.4) is 0 Å². The predicted octanol–water partition coefficient (Wildman–Crippen LogP) is 2.90. The van der Waals surface area contributed by atoms with E-state index in [1.807, 2.05) is 30.2 Å². The molecular formula is C25H24N2O5. The molecule has 0 unspecified atom stereocenters. The minimum Gasteiger partial charge on any atom is -0.472 e. The number of aliphatic carboxylic acids is 1. The third-order valence-corrected chi connectivity index (χ3v) is 5.94. The van der Waals surface area contributed by atoms with Crippen LogP contribution in [-0.4, -0.2) is 42.3 Å². The third-order valence-electron chi connectivity index (χ3n) is 5.94. The summed E-state index contributed by atoms with van der Waals surface area (Å²) >= 11 is 0. The Bertz CT molecular complexity index is 1050. The maximum atomic E-state index is 12.3. The van der Waals surface area contributed by atoms with Gasteiger partial charge in [0.2, 0.25) is 5.91 Å². The van der Waals surface area contributed by atoms with Gasteiger partial charge in [-0.25, -0.2) is 9.59 Å². The highest BCUT2D eigenvalue weighted by Gasteiger charge is 2.33. The summed E-state index contributed by atoms with van der Waals surface area (Å²) in [6.07, 6.45) is 1.30. The summed E-state index contributed by atoms with van der Waals surface area (Å²) in [5.41, 5.74) is 4.71. The van der Waals surface area contributed by atoms with Gasteiger partial charge in [-0.2, -0.15) is 0 Å². The zero-order chi connectivity index (χ0) is 22.5. The topological polar surface area (TPSA) is 105 Å². The summed E-state index contributed by atoms with van der Waals surface area (Å²) in [4.78, 5) is 34.4. The number of ether oxygens (including phenoxy) is 1. The first-order valence-corrected chi connectivity index (χ1v) is 10.6. The van der Waals surface area contributed by atoms with E-state index >= 15 is 0 Å². The van der Waals surface area contributed by atoms with Crippen LogP contribution in [0.4, 0.5) is 4.79 Å². The molecule has 1 saturated carbocycles. The van der Waals surface area contributed by atoms with Crippen LogP contribution in [0.5, 0.6) is 0 Å². The van der Waals surface area contributed by atoms with Crippen molar-refractivity contribution >= 4 is 18.0 Å². The van der Waals surface area contributed by atoms with Gasteiger partial charge in [0.15, 0.2) is 0 Å². The molecule has 0 heterocycles. The lowest BCUT2D eigenvalue weighted by Crippen LogP contribution is -2.46. The van der Waals surface area contributed by atoms with Crippen LogP contribution < -0.4 is 10.6 Å². The molecule has 2 aliphatic carbocycles. The normalized spacial score (nSPS) is 18.2. The minimum atomic E-state index is -1.22. The number of hydrogen-bond donors (Lipinski definition) is 3. The van der Waals surface area contributed by atoms with E-state index < -0.39 is 12.1 Å². The van der Waals surface area contributed by atoms with Crippen molar-refractivity contribution in [2.45, 2.75) is 31.2 Å². The number of carboxylic acids is 1. The van der Waals surface area contributed by atoms with Gasteiger partial charge in [0.25, 0.3) is 0 Å². The first-order valence-electron chi connectivity index (χ1n) is 10.6. The van der Waals surface area contributed by atoms with E-state index in [4.69, 9.17) is 9.84 Å². The Balaban J connectivity index is 1.20. The second kappa shape index (κ2) is 9.56. The number of nitrogens with one attached hydrogen (secondary N) is 2. The van der Waals surface area contributed by atoms with Crippen molar-refractivity contribution in [3.8, 4) is 23.0 Å². The van der Waals surface area contributed by atoms with Gasteiger partial charge in [0.1, 0.15) is 6.61 Å².